The van der Waals surface area contributed by atoms with Gasteiger partial charge in [-0.05, 0) is 25.3 Å². The Hall–Kier alpha value is -1.29. The van der Waals surface area contributed by atoms with Gasteiger partial charge in [-0.3, -0.25) is 0 Å². The van der Waals surface area contributed by atoms with Gasteiger partial charge in [0, 0.05) is 11.1 Å². The van der Waals surface area contributed by atoms with Crippen molar-refractivity contribution in [2.24, 2.45) is 5.73 Å². The summed E-state index contributed by atoms with van der Waals surface area (Å²) in [6.45, 7) is 0.0827. The minimum Gasteiger partial charge on any atom is -0.453 e. The van der Waals surface area contributed by atoms with Gasteiger partial charge in [-0.1, -0.05) is 6.07 Å². The Morgan fingerprint density at radius 1 is 1.20 bits per heavy atom. The fourth-order valence-corrected chi connectivity index (χ4v) is 2.18. The number of ether oxygens (including phenoxy) is 2. The summed E-state index contributed by atoms with van der Waals surface area (Å²) in [5.41, 5.74) is 6.72. The summed E-state index contributed by atoms with van der Waals surface area (Å²) in [5, 5.41) is 0. The van der Waals surface area contributed by atoms with Crippen LogP contribution >= 0.6 is 0 Å². The van der Waals surface area contributed by atoms with Gasteiger partial charge < -0.3 is 15.2 Å². The molecule has 1 aliphatic heterocycles. The third kappa shape index (κ3) is 1.14. The molecule has 15 heavy (non-hydrogen) atoms. The van der Waals surface area contributed by atoms with Gasteiger partial charge in [0.1, 0.15) is 0 Å². The molecule has 1 heterocycles. The van der Waals surface area contributed by atoms with E-state index in [9.17, 15) is 4.39 Å². The Kier molecular flexibility index (Phi) is 1.71. The molecule has 3 rings (SSSR count). The van der Waals surface area contributed by atoms with Crippen LogP contribution in [0.1, 0.15) is 24.8 Å². The second-order valence-electron chi connectivity index (χ2n) is 4.17. The lowest BCUT2D eigenvalue weighted by Gasteiger charge is -2.38. The lowest BCUT2D eigenvalue weighted by Crippen LogP contribution is -2.43. The molecular formula is C11H12FNO2. The van der Waals surface area contributed by atoms with Crippen molar-refractivity contribution in [3.8, 4) is 11.5 Å². The maximum Gasteiger partial charge on any atom is 0.231 e. The van der Waals surface area contributed by atoms with E-state index in [2.05, 4.69) is 0 Å². The van der Waals surface area contributed by atoms with Crippen LogP contribution in [0.15, 0.2) is 12.1 Å². The fraction of sp³-hybridized carbons (Fsp3) is 0.455. The first kappa shape index (κ1) is 8.97. The van der Waals surface area contributed by atoms with Gasteiger partial charge in [-0.15, -0.1) is 0 Å². The molecule has 80 valence electrons. The van der Waals surface area contributed by atoms with Gasteiger partial charge in [0.05, 0.1) is 0 Å². The highest BCUT2D eigenvalue weighted by Gasteiger charge is 2.39. The number of rotatable bonds is 1. The van der Waals surface area contributed by atoms with E-state index >= 15 is 0 Å². The zero-order valence-electron chi connectivity index (χ0n) is 8.25. The zero-order valence-corrected chi connectivity index (χ0v) is 8.25. The molecule has 0 atom stereocenters. The maximum absolute atomic E-state index is 13.3. The molecule has 4 heteroatoms. The Labute approximate surface area is 87.0 Å². The summed E-state index contributed by atoms with van der Waals surface area (Å²) >= 11 is 0. The largest absolute Gasteiger partial charge is 0.453 e. The second-order valence-corrected chi connectivity index (χ2v) is 4.17. The zero-order chi connectivity index (χ0) is 10.5. The van der Waals surface area contributed by atoms with Crippen molar-refractivity contribution in [1.29, 1.82) is 0 Å². The van der Waals surface area contributed by atoms with E-state index in [1.165, 1.54) is 6.07 Å². The molecule has 0 radical (unpaired) electrons. The molecule has 3 nitrogen and oxygen atoms in total. The van der Waals surface area contributed by atoms with E-state index in [-0.39, 0.29) is 23.9 Å². The number of benzene rings is 1. The molecule has 1 aliphatic carbocycles. The minimum absolute atomic E-state index is 0.0827. The van der Waals surface area contributed by atoms with Crippen molar-refractivity contribution in [2.45, 2.75) is 24.8 Å². The second kappa shape index (κ2) is 2.85. The minimum atomic E-state index is -0.380. The summed E-state index contributed by atoms with van der Waals surface area (Å²) in [5.74, 6) is 0.329. The van der Waals surface area contributed by atoms with E-state index in [1.54, 1.807) is 6.07 Å². The van der Waals surface area contributed by atoms with E-state index in [1.807, 2.05) is 0 Å². The van der Waals surface area contributed by atoms with Gasteiger partial charge in [0.25, 0.3) is 0 Å². The molecule has 2 aliphatic rings. The van der Waals surface area contributed by atoms with Gasteiger partial charge in [-0.25, -0.2) is 4.39 Å². The molecule has 0 saturated heterocycles. The fourth-order valence-electron chi connectivity index (χ4n) is 2.18. The van der Waals surface area contributed by atoms with Crippen LogP contribution in [-0.2, 0) is 5.54 Å². The molecule has 1 fully saturated rings. The van der Waals surface area contributed by atoms with Crippen LogP contribution in [-0.4, -0.2) is 6.79 Å². The third-order valence-electron chi connectivity index (χ3n) is 3.25. The van der Waals surface area contributed by atoms with E-state index in [0.717, 1.165) is 24.8 Å². The first-order valence-corrected chi connectivity index (χ1v) is 5.08. The topological polar surface area (TPSA) is 44.5 Å². The van der Waals surface area contributed by atoms with Gasteiger partial charge in [-0.2, -0.15) is 0 Å². The number of hydrogen-bond donors (Lipinski definition) is 1. The summed E-state index contributed by atoms with van der Waals surface area (Å²) in [7, 11) is 0. The monoisotopic (exact) mass is 209 g/mol. The molecule has 1 aromatic rings. The van der Waals surface area contributed by atoms with Crippen LogP contribution in [0.4, 0.5) is 4.39 Å². The molecule has 0 amide bonds. The number of halogens is 1. The van der Waals surface area contributed by atoms with Crippen LogP contribution in [0.2, 0.25) is 0 Å². The standard InChI is InChI=1S/C11H12FNO2/c12-8-3-2-7(11(13)4-1-5-11)9-10(8)15-6-14-9/h2-3H,1,4-6,13H2. The normalized spacial score (nSPS) is 21.2. The maximum atomic E-state index is 13.3. The Bertz CT molecular complexity index is 415. The molecule has 1 aromatic carbocycles. The molecule has 2 N–H and O–H groups in total. The molecule has 0 unspecified atom stereocenters. The SMILES string of the molecule is NC1(c2ccc(F)c3c2OCO3)CCC1. The van der Waals surface area contributed by atoms with Crippen molar-refractivity contribution in [2.75, 3.05) is 6.79 Å². The van der Waals surface area contributed by atoms with Crippen molar-refractivity contribution in [3.63, 3.8) is 0 Å². The van der Waals surface area contributed by atoms with Crippen LogP contribution < -0.4 is 15.2 Å². The Morgan fingerprint density at radius 2 is 1.93 bits per heavy atom. The highest BCUT2D eigenvalue weighted by molar-refractivity contribution is 5.52. The van der Waals surface area contributed by atoms with E-state index in [4.69, 9.17) is 15.2 Å². The van der Waals surface area contributed by atoms with Crippen molar-refractivity contribution in [1.82, 2.24) is 0 Å². The summed E-state index contributed by atoms with van der Waals surface area (Å²) in [6, 6.07) is 3.11. The molecule has 1 saturated carbocycles. The van der Waals surface area contributed by atoms with Crippen LogP contribution in [0.3, 0.4) is 0 Å². The molecule has 0 bridgehead atoms. The third-order valence-corrected chi connectivity index (χ3v) is 3.25. The first-order chi connectivity index (χ1) is 7.21. The Balaban J connectivity index is 2.13. The Morgan fingerprint density at radius 3 is 2.60 bits per heavy atom. The molecule has 0 spiro atoms. The van der Waals surface area contributed by atoms with Gasteiger partial charge in [0.15, 0.2) is 11.6 Å². The predicted octanol–water partition coefficient (Wildman–Crippen LogP) is 1.89. The summed E-state index contributed by atoms with van der Waals surface area (Å²) < 4.78 is 23.7. The first-order valence-electron chi connectivity index (χ1n) is 5.08. The average molecular weight is 209 g/mol. The van der Waals surface area contributed by atoms with Crippen LogP contribution in [0.5, 0.6) is 11.5 Å². The molecular weight excluding hydrogens is 197 g/mol. The quantitative estimate of drug-likeness (QED) is 0.768. The van der Waals surface area contributed by atoms with E-state index < -0.39 is 0 Å². The van der Waals surface area contributed by atoms with Crippen molar-refractivity contribution >= 4 is 0 Å². The van der Waals surface area contributed by atoms with Crippen molar-refractivity contribution in [3.05, 3.63) is 23.5 Å². The van der Waals surface area contributed by atoms with Gasteiger partial charge >= 0.3 is 0 Å². The number of fused-ring (bicyclic) bond motifs is 1. The smallest absolute Gasteiger partial charge is 0.231 e. The summed E-state index contributed by atoms with van der Waals surface area (Å²) in [4.78, 5) is 0. The lowest BCUT2D eigenvalue weighted by molar-refractivity contribution is 0.166. The van der Waals surface area contributed by atoms with Crippen LogP contribution in [0, 0.1) is 5.82 Å². The lowest BCUT2D eigenvalue weighted by atomic mass is 9.72. The number of nitrogens with two attached hydrogens (primary N) is 1. The predicted molar refractivity (Wildman–Crippen MR) is 52.2 cm³/mol. The molecule has 0 aromatic heterocycles. The average Bonchev–Trinajstić information content (AvgIpc) is 2.64. The highest BCUT2D eigenvalue weighted by atomic mass is 19.1. The highest BCUT2D eigenvalue weighted by Crippen LogP contribution is 2.48. The van der Waals surface area contributed by atoms with Gasteiger partial charge in [0.2, 0.25) is 12.5 Å². The van der Waals surface area contributed by atoms with E-state index in [0.29, 0.717) is 5.75 Å². The number of hydrogen-bond acceptors (Lipinski definition) is 3. The van der Waals surface area contributed by atoms with Crippen LogP contribution in [0.25, 0.3) is 0 Å². The summed E-state index contributed by atoms with van der Waals surface area (Å²) in [6.07, 6.45) is 2.96. The van der Waals surface area contributed by atoms with Crippen molar-refractivity contribution < 1.29 is 13.9 Å².